The number of amides is 1. The van der Waals surface area contributed by atoms with Gasteiger partial charge in [0, 0.05) is 23.4 Å². The predicted molar refractivity (Wildman–Crippen MR) is 74.9 cm³/mol. The molecule has 4 heteroatoms. The van der Waals surface area contributed by atoms with Crippen LogP contribution in [-0.4, -0.2) is 11.0 Å². The number of nitrogen functional groups attached to an aromatic ring is 1. The maximum Gasteiger partial charge on any atom is 0.251 e. The highest BCUT2D eigenvalue weighted by Crippen LogP contribution is 2.19. The molecule has 0 saturated carbocycles. The number of anilines is 1. The summed E-state index contributed by atoms with van der Waals surface area (Å²) in [4.78, 5) is 12.0. The molecule has 0 fully saturated rings. The lowest BCUT2D eigenvalue weighted by atomic mass is 10.1. The Morgan fingerprint density at radius 3 is 2.74 bits per heavy atom. The van der Waals surface area contributed by atoms with E-state index >= 15 is 0 Å². The first-order valence-corrected chi connectivity index (χ1v) is 5.99. The Kier molecular flexibility index (Phi) is 3.71. The van der Waals surface area contributed by atoms with Gasteiger partial charge >= 0.3 is 0 Å². The van der Waals surface area contributed by atoms with Gasteiger partial charge in [-0.1, -0.05) is 18.2 Å². The van der Waals surface area contributed by atoms with Crippen molar-refractivity contribution in [3.8, 4) is 5.75 Å². The van der Waals surface area contributed by atoms with Gasteiger partial charge in [-0.3, -0.25) is 4.79 Å². The molecule has 0 saturated heterocycles. The molecule has 19 heavy (non-hydrogen) atoms. The van der Waals surface area contributed by atoms with Crippen molar-refractivity contribution in [2.45, 2.75) is 13.5 Å². The van der Waals surface area contributed by atoms with Crippen molar-refractivity contribution in [2.75, 3.05) is 5.73 Å². The zero-order chi connectivity index (χ0) is 13.8. The minimum absolute atomic E-state index is 0.124. The van der Waals surface area contributed by atoms with E-state index in [-0.39, 0.29) is 18.2 Å². The van der Waals surface area contributed by atoms with E-state index in [1.165, 1.54) is 6.07 Å². The molecule has 98 valence electrons. The molecule has 0 radical (unpaired) electrons. The van der Waals surface area contributed by atoms with Gasteiger partial charge in [-0.25, -0.2) is 0 Å². The van der Waals surface area contributed by atoms with Crippen LogP contribution in [0.4, 0.5) is 5.69 Å². The Labute approximate surface area is 111 Å². The number of rotatable bonds is 3. The molecule has 1 amide bonds. The summed E-state index contributed by atoms with van der Waals surface area (Å²) in [5.41, 5.74) is 8.34. The third-order valence-corrected chi connectivity index (χ3v) is 2.93. The summed E-state index contributed by atoms with van der Waals surface area (Å²) in [6.45, 7) is 2.12. The Morgan fingerprint density at radius 1 is 1.26 bits per heavy atom. The maximum atomic E-state index is 12.0. The van der Waals surface area contributed by atoms with Crippen LogP contribution in [0.1, 0.15) is 21.5 Å². The highest BCUT2D eigenvalue weighted by atomic mass is 16.3. The van der Waals surface area contributed by atoms with Crippen LogP contribution < -0.4 is 11.1 Å². The quantitative estimate of drug-likeness (QED) is 0.582. The Balaban J connectivity index is 2.09. The summed E-state index contributed by atoms with van der Waals surface area (Å²) in [7, 11) is 0. The Morgan fingerprint density at radius 2 is 2.00 bits per heavy atom. The van der Waals surface area contributed by atoms with Crippen LogP contribution in [0.2, 0.25) is 0 Å². The average molecular weight is 256 g/mol. The van der Waals surface area contributed by atoms with Gasteiger partial charge in [0.15, 0.2) is 0 Å². The molecule has 0 unspecified atom stereocenters. The van der Waals surface area contributed by atoms with Crippen LogP contribution in [0, 0.1) is 6.92 Å². The minimum atomic E-state index is -0.167. The normalized spacial score (nSPS) is 10.2. The maximum absolute atomic E-state index is 12.0. The Hall–Kier alpha value is -2.49. The van der Waals surface area contributed by atoms with Gasteiger partial charge in [-0.15, -0.1) is 0 Å². The standard InChI is InChI=1S/C15H16N2O2/c1-10-4-2-3-5-13(10)15(19)17-9-11-8-12(16)6-7-14(11)18/h2-8,18H,9,16H2,1H3,(H,17,19). The summed E-state index contributed by atoms with van der Waals surface area (Å²) in [5, 5.41) is 12.4. The van der Waals surface area contributed by atoms with Gasteiger partial charge in [0.05, 0.1) is 0 Å². The van der Waals surface area contributed by atoms with Crippen LogP contribution in [-0.2, 0) is 6.54 Å². The van der Waals surface area contributed by atoms with Crippen molar-refractivity contribution in [2.24, 2.45) is 0 Å². The van der Waals surface area contributed by atoms with Gasteiger partial charge in [-0.2, -0.15) is 0 Å². The second-order valence-electron chi connectivity index (χ2n) is 4.39. The molecule has 2 aromatic rings. The van der Waals surface area contributed by atoms with Crippen LogP contribution in [0.15, 0.2) is 42.5 Å². The van der Waals surface area contributed by atoms with Crippen molar-refractivity contribution in [1.82, 2.24) is 5.32 Å². The molecule has 0 bridgehead atoms. The predicted octanol–water partition coefficient (Wildman–Crippen LogP) is 2.21. The topological polar surface area (TPSA) is 75.4 Å². The summed E-state index contributed by atoms with van der Waals surface area (Å²) >= 11 is 0. The number of phenols is 1. The monoisotopic (exact) mass is 256 g/mol. The summed E-state index contributed by atoms with van der Waals surface area (Å²) in [6, 6.07) is 12.1. The number of nitrogens with one attached hydrogen (secondary N) is 1. The molecule has 4 nitrogen and oxygen atoms in total. The first-order valence-electron chi connectivity index (χ1n) is 5.99. The fourth-order valence-corrected chi connectivity index (χ4v) is 1.85. The fraction of sp³-hybridized carbons (Fsp3) is 0.133. The molecule has 0 aliphatic rings. The first kappa shape index (κ1) is 13.0. The van der Waals surface area contributed by atoms with E-state index in [4.69, 9.17) is 5.73 Å². The molecule has 2 rings (SSSR count). The highest BCUT2D eigenvalue weighted by Gasteiger charge is 2.09. The number of hydrogen-bond donors (Lipinski definition) is 3. The molecule has 0 heterocycles. The van der Waals surface area contributed by atoms with Gasteiger partial charge < -0.3 is 16.2 Å². The summed E-state index contributed by atoms with van der Waals surface area (Å²) in [5.74, 6) is -0.0424. The van der Waals surface area contributed by atoms with Gasteiger partial charge in [0.25, 0.3) is 5.91 Å². The summed E-state index contributed by atoms with van der Waals surface area (Å²) in [6.07, 6.45) is 0. The van der Waals surface area contributed by atoms with Crippen LogP contribution in [0.3, 0.4) is 0 Å². The third kappa shape index (κ3) is 3.04. The van der Waals surface area contributed by atoms with E-state index in [2.05, 4.69) is 5.32 Å². The van der Waals surface area contributed by atoms with Crippen molar-refractivity contribution >= 4 is 11.6 Å². The van der Waals surface area contributed by atoms with Crippen LogP contribution in [0.5, 0.6) is 5.75 Å². The van der Waals surface area contributed by atoms with Crippen molar-refractivity contribution in [3.05, 3.63) is 59.2 Å². The highest BCUT2D eigenvalue weighted by molar-refractivity contribution is 5.95. The zero-order valence-electron chi connectivity index (χ0n) is 10.7. The number of nitrogens with two attached hydrogens (primary N) is 1. The van der Waals surface area contributed by atoms with Gasteiger partial charge in [0.2, 0.25) is 0 Å². The summed E-state index contributed by atoms with van der Waals surface area (Å²) < 4.78 is 0. The Bertz CT molecular complexity index is 609. The van der Waals surface area contributed by atoms with E-state index in [1.54, 1.807) is 18.2 Å². The van der Waals surface area contributed by atoms with Crippen molar-refractivity contribution in [3.63, 3.8) is 0 Å². The molecule has 0 aliphatic heterocycles. The largest absolute Gasteiger partial charge is 0.508 e. The van der Waals surface area contributed by atoms with E-state index in [9.17, 15) is 9.90 Å². The van der Waals surface area contributed by atoms with Crippen LogP contribution in [0.25, 0.3) is 0 Å². The number of carbonyl (C=O) groups excluding carboxylic acids is 1. The number of phenolic OH excluding ortho intramolecular Hbond substituents is 1. The lowest BCUT2D eigenvalue weighted by Crippen LogP contribution is -2.23. The van der Waals surface area contributed by atoms with E-state index < -0.39 is 0 Å². The number of aromatic hydroxyl groups is 1. The van der Waals surface area contributed by atoms with Gasteiger partial charge in [0.1, 0.15) is 5.75 Å². The molecule has 4 N–H and O–H groups in total. The average Bonchev–Trinajstić information content (AvgIpc) is 2.40. The van der Waals surface area contributed by atoms with E-state index in [0.717, 1.165) is 5.56 Å². The molecule has 2 aromatic carbocycles. The van der Waals surface area contributed by atoms with Crippen LogP contribution >= 0.6 is 0 Å². The number of benzene rings is 2. The SMILES string of the molecule is Cc1ccccc1C(=O)NCc1cc(N)ccc1O. The van der Waals surface area contributed by atoms with Crippen molar-refractivity contribution < 1.29 is 9.90 Å². The molecular formula is C15H16N2O2. The third-order valence-electron chi connectivity index (χ3n) is 2.93. The second kappa shape index (κ2) is 5.44. The lowest BCUT2D eigenvalue weighted by molar-refractivity contribution is 0.0950. The lowest BCUT2D eigenvalue weighted by Gasteiger charge is -2.09. The van der Waals surface area contributed by atoms with E-state index in [0.29, 0.717) is 16.8 Å². The second-order valence-corrected chi connectivity index (χ2v) is 4.39. The minimum Gasteiger partial charge on any atom is -0.508 e. The smallest absolute Gasteiger partial charge is 0.251 e. The fourth-order valence-electron chi connectivity index (χ4n) is 1.85. The number of carbonyl (C=O) groups is 1. The molecule has 0 atom stereocenters. The zero-order valence-corrected chi connectivity index (χ0v) is 10.7. The molecule has 0 spiro atoms. The molecular weight excluding hydrogens is 240 g/mol. The first-order chi connectivity index (χ1) is 9.08. The van der Waals surface area contributed by atoms with Crippen molar-refractivity contribution in [1.29, 1.82) is 0 Å². The molecule has 0 aliphatic carbocycles. The molecule has 0 aromatic heterocycles. The van der Waals surface area contributed by atoms with E-state index in [1.807, 2.05) is 25.1 Å². The number of aryl methyl sites for hydroxylation is 1. The number of hydrogen-bond acceptors (Lipinski definition) is 3. The van der Waals surface area contributed by atoms with Gasteiger partial charge in [-0.05, 0) is 36.8 Å².